The van der Waals surface area contributed by atoms with Gasteiger partial charge in [-0.1, -0.05) is 6.92 Å². The van der Waals surface area contributed by atoms with Gasteiger partial charge in [0.2, 0.25) is 0 Å². The van der Waals surface area contributed by atoms with Crippen LogP contribution in [-0.2, 0) is 0 Å². The highest BCUT2D eigenvalue weighted by atomic mass is 79.9. The van der Waals surface area contributed by atoms with Crippen LogP contribution in [0, 0.1) is 0 Å². The Morgan fingerprint density at radius 2 is 2.47 bits per heavy atom. The summed E-state index contributed by atoms with van der Waals surface area (Å²) in [6.07, 6.45) is 2.38. The molecule has 1 aromatic heterocycles. The van der Waals surface area contributed by atoms with Gasteiger partial charge in [0.05, 0.1) is 6.04 Å². The molecule has 0 aliphatic carbocycles. The molecule has 1 aromatic rings. The first-order chi connectivity index (χ1) is 7.24. The Hall–Kier alpha value is 0.100. The largest absolute Gasteiger partial charge is 0.326 e. The molecule has 2 rings (SSSR count). The first kappa shape index (κ1) is 11.6. The fraction of sp³-hybridized carbons (Fsp3) is 0.636. The highest BCUT2D eigenvalue weighted by Crippen LogP contribution is 2.37. The number of halogens is 1. The normalized spacial score (nSPS) is 28.2. The monoisotopic (exact) mass is 288 g/mol. The van der Waals surface area contributed by atoms with Crippen LogP contribution in [0.2, 0.25) is 0 Å². The van der Waals surface area contributed by atoms with Gasteiger partial charge < -0.3 is 5.73 Å². The molecule has 0 aromatic carbocycles. The molecule has 84 valence electrons. The first-order valence-corrected chi connectivity index (χ1v) is 7.13. The van der Waals surface area contributed by atoms with E-state index in [1.165, 1.54) is 22.3 Å². The SMILES string of the molecule is CCN1CCCC(N)C1c1sccc1Br. The summed E-state index contributed by atoms with van der Waals surface area (Å²) in [7, 11) is 0. The van der Waals surface area contributed by atoms with E-state index in [2.05, 4.69) is 39.2 Å². The molecule has 0 spiro atoms. The molecule has 2 heterocycles. The van der Waals surface area contributed by atoms with Gasteiger partial charge >= 0.3 is 0 Å². The molecule has 0 bridgehead atoms. The van der Waals surface area contributed by atoms with Gasteiger partial charge in [0.15, 0.2) is 0 Å². The van der Waals surface area contributed by atoms with E-state index in [1.54, 1.807) is 0 Å². The number of piperidine rings is 1. The van der Waals surface area contributed by atoms with Gasteiger partial charge in [-0.05, 0) is 53.3 Å². The van der Waals surface area contributed by atoms with Crippen molar-refractivity contribution in [3.63, 3.8) is 0 Å². The summed E-state index contributed by atoms with van der Waals surface area (Å²) in [6, 6.07) is 2.82. The quantitative estimate of drug-likeness (QED) is 0.907. The summed E-state index contributed by atoms with van der Waals surface area (Å²) in [5, 5.41) is 2.13. The molecule has 15 heavy (non-hydrogen) atoms. The molecule has 2 N–H and O–H groups in total. The maximum absolute atomic E-state index is 6.25. The minimum atomic E-state index is 0.286. The van der Waals surface area contributed by atoms with Crippen molar-refractivity contribution in [3.05, 3.63) is 20.8 Å². The minimum Gasteiger partial charge on any atom is -0.326 e. The number of rotatable bonds is 2. The van der Waals surface area contributed by atoms with Crippen LogP contribution in [0.3, 0.4) is 0 Å². The van der Waals surface area contributed by atoms with Crippen molar-refractivity contribution in [3.8, 4) is 0 Å². The lowest BCUT2D eigenvalue weighted by Crippen LogP contribution is -2.45. The van der Waals surface area contributed by atoms with Crippen LogP contribution >= 0.6 is 27.3 Å². The van der Waals surface area contributed by atoms with E-state index < -0.39 is 0 Å². The van der Waals surface area contributed by atoms with E-state index in [9.17, 15) is 0 Å². The molecule has 2 unspecified atom stereocenters. The zero-order chi connectivity index (χ0) is 10.8. The van der Waals surface area contributed by atoms with Crippen LogP contribution in [0.15, 0.2) is 15.9 Å². The minimum absolute atomic E-state index is 0.286. The fourth-order valence-electron chi connectivity index (χ4n) is 2.33. The van der Waals surface area contributed by atoms with Crippen molar-refractivity contribution < 1.29 is 0 Å². The molecule has 1 aliphatic heterocycles. The molecular weight excluding hydrogens is 272 g/mol. The fourth-order valence-corrected chi connectivity index (χ4v) is 4.15. The van der Waals surface area contributed by atoms with Gasteiger partial charge in [-0.15, -0.1) is 11.3 Å². The van der Waals surface area contributed by atoms with E-state index in [4.69, 9.17) is 5.73 Å². The van der Waals surface area contributed by atoms with Gasteiger partial charge in [0.25, 0.3) is 0 Å². The second-order valence-electron chi connectivity index (χ2n) is 4.01. The molecule has 4 heteroatoms. The Morgan fingerprint density at radius 1 is 1.67 bits per heavy atom. The predicted octanol–water partition coefficient (Wildman–Crippen LogP) is 2.99. The third-order valence-electron chi connectivity index (χ3n) is 3.10. The van der Waals surface area contributed by atoms with Crippen LogP contribution < -0.4 is 5.73 Å². The summed E-state index contributed by atoms with van der Waals surface area (Å²) in [6.45, 7) is 4.48. The van der Waals surface area contributed by atoms with Crippen molar-refractivity contribution in [2.75, 3.05) is 13.1 Å². The average Bonchev–Trinajstić information content (AvgIpc) is 2.64. The van der Waals surface area contributed by atoms with Gasteiger partial charge in [0, 0.05) is 15.4 Å². The second-order valence-corrected chi connectivity index (χ2v) is 5.81. The van der Waals surface area contributed by atoms with Crippen molar-refractivity contribution in [2.45, 2.75) is 31.8 Å². The lowest BCUT2D eigenvalue weighted by Gasteiger charge is -2.38. The molecule has 0 amide bonds. The number of hydrogen-bond acceptors (Lipinski definition) is 3. The van der Waals surface area contributed by atoms with Gasteiger partial charge in [-0.3, -0.25) is 4.90 Å². The van der Waals surface area contributed by atoms with Crippen LogP contribution in [0.25, 0.3) is 0 Å². The molecule has 1 saturated heterocycles. The molecule has 1 fully saturated rings. The number of hydrogen-bond donors (Lipinski definition) is 1. The van der Waals surface area contributed by atoms with E-state index >= 15 is 0 Å². The van der Waals surface area contributed by atoms with E-state index in [-0.39, 0.29) is 6.04 Å². The summed E-state index contributed by atoms with van der Waals surface area (Å²) in [5.41, 5.74) is 6.25. The highest BCUT2D eigenvalue weighted by molar-refractivity contribution is 9.10. The number of likely N-dealkylation sites (tertiary alicyclic amines) is 1. The zero-order valence-electron chi connectivity index (χ0n) is 8.95. The third-order valence-corrected chi connectivity index (χ3v) is 5.04. The van der Waals surface area contributed by atoms with Crippen molar-refractivity contribution >= 4 is 27.3 Å². The standard InChI is InChI=1S/C11H17BrN2S/c1-2-14-6-3-4-9(13)10(14)11-8(12)5-7-15-11/h5,7,9-10H,2-4,6,13H2,1H3. The molecule has 2 nitrogen and oxygen atoms in total. The molecule has 2 atom stereocenters. The van der Waals surface area contributed by atoms with Crippen molar-refractivity contribution in [2.24, 2.45) is 5.73 Å². The van der Waals surface area contributed by atoms with Gasteiger partial charge in [0.1, 0.15) is 0 Å². The lowest BCUT2D eigenvalue weighted by molar-refractivity contribution is 0.138. The zero-order valence-corrected chi connectivity index (χ0v) is 11.4. The smallest absolute Gasteiger partial charge is 0.0604 e. The molecular formula is C11H17BrN2S. The lowest BCUT2D eigenvalue weighted by atomic mass is 9.96. The third kappa shape index (κ3) is 2.28. The molecule has 0 radical (unpaired) electrons. The summed E-state index contributed by atoms with van der Waals surface area (Å²) < 4.78 is 1.22. The summed E-state index contributed by atoms with van der Waals surface area (Å²) in [4.78, 5) is 3.88. The Morgan fingerprint density at radius 3 is 3.07 bits per heavy atom. The second kappa shape index (κ2) is 4.95. The van der Waals surface area contributed by atoms with E-state index in [1.807, 2.05) is 11.3 Å². The topological polar surface area (TPSA) is 29.3 Å². The van der Waals surface area contributed by atoms with Crippen LogP contribution in [0.4, 0.5) is 0 Å². The van der Waals surface area contributed by atoms with Crippen LogP contribution in [0.1, 0.15) is 30.7 Å². The number of likely N-dealkylation sites (N-methyl/N-ethyl adjacent to an activating group) is 1. The Labute approximate surface area is 104 Å². The number of thiophene rings is 1. The predicted molar refractivity (Wildman–Crippen MR) is 69.2 cm³/mol. The van der Waals surface area contributed by atoms with Gasteiger partial charge in [-0.25, -0.2) is 0 Å². The maximum Gasteiger partial charge on any atom is 0.0604 e. The van der Waals surface area contributed by atoms with E-state index in [0.717, 1.165) is 13.0 Å². The van der Waals surface area contributed by atoms with Crippen molar-refractivity contribution in [1.82, 2.24) is 4.90 Å². The van der Waals surface area contributed by atoms with Crippen LogP contribution in [-0.4, -0.2) is 24.0 Å². The van der Waals surface area contributed by atoms with Crippen LogP contribution in [0.5, 0.6) is 0 Å². The molecule has 0 saturated carbocycles. The summed E-state index contributed by atoms with van der Waals surface area (Å²) in [5.74, 6) is 0. The molecule has 1 aliphatic rings. The maximum atomic E-state index is 6.25. The number of nitrogens with zero attached hydrogens (tertiary/aromatic N) is 1. The van der Waals surface area contributed by atoms with Gasteiger partial charge in [-0.2, -0.15) is 0 Å². The average molecular weight is 289 g/mol. The summed E-state index contributed by atoms with van der Waals surface area (Å²) >= 11 is 5.42. The Kier molecular flexibility index (Phi) is 3.83. The number of nitrogens with two attached hydrogens (primary N) is 1. The highest BCUT2D eigenvalue weighted by Gasteiger charge is 2.31. The van der Waals surface area contributed by atoms with E-state index in [0.29, 0.717) is 6.04 Å². The Balaban J connectivity index is 2.27. The van der Waals surface area contributed by atoms with Crippen molar-refractivity contribution in [1.29, 1.82) is 0 Å². The Bertz CT molecular complexity index is 326. The first-order valence-electron chi connectivity index (χ1n) is 5.46.